The SMILES string of the molecule is c1ccc(-c2cccc(-c3ccc(-n4c5ccccc5c5ccc(-c6ccc7c8ccccc8n(-c8cccc(-c9ccccc9)c8)c7c6)cc54)cc3)c2)cc1. The molecule has 2 heterocycles. The lowest BCUT2D eigenvalue weighted by atomic mass is 9.99. The fraction of sp³-hybridized carbons (Fsp3) is 0. The van der Waals surface area contributed by atoms with E-state index in [0.29, 0.717) is 0 Å². The van der Waals surface area contributed by atoms with E-state index in [-0.39, 0.29) is 0 Å². The van der Waals surface area contributed by atoms with E-state index in [0.717, 1.165) is 11.4 Å². The van der Waals surface area contributed by atoms with Gasteiger partial charge in [0.05, 0.1) is 22.1 Å². The van der Waals surface area contributed by atoms with Gasteiger partial charge in [0, 0.05) is 32.9 Å². The third kappa shape index (κ3) is 5.34. The average Bonchev–Trinajstić information content (AvgIpc) is 3.79. The zero-order chi connectivity index (χ0) is 37.0. The van der Waals surface area contributed by atoms with Crippen molar-refractivity contribution in [1.82, 2.24) is 9.13 Å². The number of aromatic nitrogens is 2. The normalized spacial score (nSPS) is 11.6. The Morgan fingerprint density at radius 3 is 1.12 bits per heavy atom. The third-order valence-corrected chi connectivity index (χ3v) is 11.3. The maximum atomic E-state index is 2.42. The molecule has 0 N–H and O–H groups in total. The Morgan fingerprint density at radius 2 is 0.571 bits per heavy atom. The van der Waals surface area contributed by atoms with E-state index in [1.54, 1.807) is 0 Å². The molecule has 0 atom stereocenters. The van der Waals surface area contributed by atoms with Crippen molar-refractivity contribution < 1.29 is 0 Å². The van der Waals surface area contributed by atoms with Crippen molar-refractivity contribution in [2.45, 2.75) is 0 Å². The van der Waals surface area contributed by atoms with Crippen LogP contribution in [0.4, 0.5) is 0 Å². The van der Waals surface area contributed by atoms with Crippen LogP contribution in [0.2, 0.25) is 0 Å². The minimum atomic E-state index is 1.14. The first kappa shape index (κ1) is 32.0. The quantitative estimate of drug-likeness (QED) is 0.162. The molecule has 9 aromatic carbocycles. The molecule has 262 valence electrons. The van der Waals surface area contributed by atoms with Gasteiger partial charge in [-0.15, -0.1) is 0 Å². The third-order valence-electron chi connectivity index (χ3n) is 11.3. The van der Waals surface area contributed by atoms with E-state index in [1.165, 1.54) is 88.1 Å². The second-order valence-electron chi connectivity index (χ2n) is 14.6. The lowest BCUT2D eigenvalue weighted by molar-refractivity contribution is 1.18. The van der Waals surface area contributed by atoms with E-state index < -0.39 is 0 Å². The lowest BCUT2D eigenvalue weighted by Gasteiger charge is -2.12. The van der Waals surface area contributed by atoms with E-state index in [9.17, 15) is 0 Å². The summed E-state index contributed by atoms with van der Waals surface area (Å²) in [5, 5.41) is 5.00. The van der Waals surface area contributed by atoms with Crippen molar-refractivity contribution in [3.8, 4) is 55.9 Å². The molecule has 0 saturated carbocycles. The smallest absolute Gasteiger partial charge is 0.0547 e. The van der Waals surface area contributed by atoms with Crippen molar-refractivity contribution in [3.63, 3.8) is 0 Å². The second kappa shape index (κ2) is 13.2. The van der Waals surface area contributed by atoms with Crippen LogP contribution in [0.15, 0.2) is 218 Å². The molecule has 0 aliphatic heterocycles. The number of hydrogen-bond donors (Lipinski definition) is 0. The Balaban J connectivity index is 1.04. The lowest BCUT2D eigenvalue weighted by Crippen LogP contribution is -1.95. The van der Waals surface area contributed by atoms with Crippen LogP contribution in [0.25, 0.3) is 99.5 Å². The van der Waals surface area contributed by atoms with Gasteiger partial charge in [0.15, 0.2) is 0 Å². The number of fused-ring (bicyclic) bond motifs is 6. The van der Waals surface area contributed by atoms with Crippen molar-refractivity contribution >= 4 is 43.6 Å². The molecule has 2 aromatic heterocycles. The predicted octanol–water partition coefficient (Wildman–Crippen LogP) is 14.5. The van der Waals surface area contributed by atoms with Gasteiger partial charge >= 0.3 is 0 Å². The van der Waals surface area contributed by atoms with Gasteiger partial charge in [0.2, 0.25) is 0 Å². The van der Waals surface area contributed by atoms with Crippen LogP contribution in [0.5, 0.6) is 0 Å². The maximum Gasteiger partial charge on any atom is 0.0547 e. The highest BCUT2D eigenvalue weighted by Gasteiger charge is 2.17. The summed E-state index contributed by atoms with van der Waals surface area (Å²) in [6, 6.07) is 79.4. The highest BCUT2D eigenvalue weighted by atomic mass is 15.0. The molecule has 2 heteroatoms. The first-order valence-corrected chi connectivity index (χ1v) is 19.3. The molecule has 0 aliphatic carbocycles. The fourth-order valence-electron chi connectivity index (χ4n) is 8.62. The molecule has 0 bridgehead atoms. The van der Waals surface area contributed by atoms with Crippen LogP contribution in [0.3, 0.4) is 0 Å². The van der Waals surface area contributed by atoms with Crippen molar-refractivity contribution in [3.05, 3.63) is 218 Å². The highest BCUT2D eigenvalue weighted by molar-refractivity contribution is 6.12. The Labute approximate surface area is 325 Å². The molecule has 11 rings (SSSR count). The molecule has 0 amide bonds. The molecule has 0 saturated heterocycles. The summed E-state index contributed by atoms with van der Waals surface area (Å²) >= 11 is 0. The first-order chi connectivity index (χ1) is 27.8. The van der Waals surface area contributed by atoms with E-state index >= 15 is 0 Å². The fourth-order valence-corrected chi connectivity index (χ4v) is 8.62. The molecule has 0 unspecified atom stereocenters. The van der Waals surface area contributed by atoms with Gasteiger partial charge in [-0.25, -0.2) is 0 Å². The molecular weight excluding hydrogens is 677 g/mol. The average molecular weight is 713 g/mol. The van der Waals surface area contributed by atoms with E-state index in [1.807, 2.05) is 0 Å². The number of nitrogens with zero attached hydrogens (tertiary/aromatic N) is 2. The van der Waals surface area contributed by atoms with Gasteiger partial charge in [0.25, 0.3) is 0 Å². The summed E-state index contributed by atoms with van der Waals surface area (Å²) < 4.78 is 4.84. The Kier molecular flexibility index (Phi) is 7.53. The molecule has 0 aliphatic rings. The van der Waals surface area contributed by atoms with Crippen LogP contribution in [-0.2, 0) is 0 Å². The topological polar surface area (TPSA) is 9.86 Å². The summed E-state index contributed by atoms with van der Waals surface area (Å²) in [5.74, 6) is 0. The van der Waals surface area contributed by atoms with Gasteiger partial charge in [-0.1, -0.05) is 164 Å². The molecular formula is C54H36N2. The largest absolute Gasteiger partial charge is 0.309 e. The van der Waals surface area contributed by atoms with E-state index in [2.05, 4.69) is 228 Å². The van der Waals surface area contributed by atoms with Gasteiger partial charge in [-0.3, -0.25) is 0 Å². The maximum absolute atomic E-state index is 2.42. The van der Waals surface area contributed by atoms with Gasteiger partial charge in [-0.05, 0) is 99.1 Å². The van der Waals surface area contributed by atoms with Crippen LogP contribution in [-0.4, -0.2) is 9.13 Å². The van der Waals surface area contributed by atoms with Crippen LogP contribution >= 0.6 is 0 Å². The van der Waals surface area contributed by atoms with Gasteiger partial charge in [-0.2, -0.15) is 0 Å². The molecule has 0 radical (unpaired) electrons. The van der Waals surface area contributed by atoms with Crippen LogP contribution in [0.1, 0.15) is 0 Å². The zero-order valence-electron chi connectivity index (χ0n) is 30.7. The van der Waals surface area contributed by atoms with Crippen molar-refractivity contribution in [2.24, 2.45) is 0 Å². The minimum Gasteiger partial charge on any atom is -0.309 e. The minimum absolute atomic E-state index is 1.14. The van der Waals surface area contributed by atoms with Gasteiger partial charge < -0.3 is 9.13 Å². The molecule has 11 aromatic rings. The molecule has 56 heavy (non-hydrogen) atoms. The number of hydrogen-bond acceptors (Lipinski definition) is 0. The van der Waals surface area contributed by atoms with Gasteiger partial charge in [0.1, 0.15) is 0 Å². The van der Waals surface area contributed by atoms with Crippen LogP contribution in [0, 0.1) is 0 Å². The molecule has 0 spiro atoms. The highest BCUT2D eigenvalue weighted by Crippen LogP contribution is 2.39. The summed E-state index contributed by atoms with van der Waals surface area (Å²) in [6.07, 6.45) is 0. The Bertz CT molecular complexity index is 3220. The van der Waals surface area contributed by atoms with Crippen molar-refractivity contribution in [2.75, 3.05) is 0 Å². The summed E-state index contributed by atoms with van der Waals surface area (Å²) in [7, 11) is 0. The number of rotatable bonds is 6. The summed E-state index contributed by atoms with van der Waals surface area (Å²) in [6.45, 7) is 0. The Morgan fingerprint density at radius 1 is 0.196 bits per heavy atom. The standard InChI is InChI=1S/C54H36N2/c1-3-13-37(14-4-1)40-17-11-18-41(33-40)39-25-29-45(30-26-39)55-51-23-9-7-21-47(51)49-31-27-43(35-53(49)55)44-28-32-50-48-22-8-10-24-52(48)56(54(50)36-44)46-20-12-19-42(34-46)38-15-5-2-6-16-38/h1-36H. The monoisotopic (exact) mass is 712 g/mol. The van der Waals surface area contributed by atoms with Crippen molar-refractivity contribution in [1.29, 1.82) is 0 Å². The summed E-state index contributed by atoms with van der Waals surface area (Å²) in [4.78, 5) is 0. The predicted molar refractivity (Wildman–Crippen MR) is 237 cm³/mol. The Hall–Kier alpha value is -7.42. The van der Waals surface area contributed by atoms with Crippen LogP contribution < -0.4 is 0 Å². The molecule has 2 nitrogen and oxygen atoms in total. The zero-order valence-corrected chi connectivity index (χ0v) is 30.7. The van der Waals surface area contributed by atoms with E-state index in [4.69, 9.17) is 0 Å². The summed E-state index contributed by atoms with van der Waals surface area (Å²) in [5.41, 5.74) is 16.7. The first-order valence-electron chi connectivity index (χ1n) is 19.3. The molecule has 0 fully saturated rings. The number of para-hydroxylation sites is 2. The second-order valence-corrected chi connectivity index (χ2v) is 14.6. The number of benzene rings is 9.